The monoisotopic (exact) mass is 332 g/mol. The van der Waals surface area contributed by atoms with E-state index in [0.717, 1.165) is 17.8 Å². The van der Waals surface area contributed by atoms with Gasteiger partial charge < -0.3 is 13.9 Å². The van der Waals surface area contributed by atoms with Gasteiger partial charge in [0.2, 0.25) is 0 Å². The first kappa shape index (κ1) is 16.6. The summed E-state index contributed by atoms with van der Waals surface area (Å²) in [6, 6.07) is 5.84. The number of thioether (sulfide) groups is 1. The van der Waals surface area contributed by atoms with Gasteiger partial charge in [-0.25, -0.2) is 0 Å². The lowest BCUT2D eigenvalue weighted by Crippen LogP contribution is -2.04. The van der Waals surface area contributed by atoms with Crippen LogP contribution in [0.4, 0.5) is 13.2 Å². The predicted octanol–water partition coefficient (Wildman–Crippen LogP) is 5.09. The van der Waals surface area contributed by atoms with E-state index in [2.05, 4.69) is 0 Å². The first-order valence-corrected chi connectivity index (χ1v) is 7.45. The van der Waals surface area contributed by atoms with Crippen LogP contribution in [0, 0.1) is 0 Å². The maximum absolute atomic E-state index is 13.0. The Morgan fingerprint density at radius 1 is 1.09 bits per heavy atom. The van der Waals surface area contributed by atoms with Gasteiger partial charge in [-0.3, -0.25) is 0 Å². The van der Waals surface area contributed by atoms with Gasteiger partial charge in [-0.05, 0) is 30.0 Å². The molecule has 0 unspecified atom stereocenters. The largest absolute Gasteiger partial charge is 0.493 e. The van der Waals surface area contributed by atoms with E-state index in [4.69, 9.17) is 13.9 Å². The molecule has 0 bridgehead atoms. The molecule has 0 saturated heterocycles. The Labute approximate surface area is 130 Å². The zero-order chi connectivity index (χ0) is 16.3. The molecule has 1 aromatic heterocycles. The van der Waals surface area contributed by atoms with Crippen molar-refractivity contribution in [1.29, 1.82) is 0 Å². The smallest absolute Gasteiger partial charge is 0.420 e. The Bertz CT molecular complexity index is 650. The normalized spacial score (nSPS) is 11.5. The number of ether oxygens (including phenoxy) is 2. The molecule has 0 aliphatic rings. The van der Waals surface area contributed by atoms with Gasteiger partial charge >= 0.3 is 6.18 Å². The fraction of sp³-hybridized carbons (Fsp3) is 0.333. The highest BCUT2D eigenvalue weighted by molar-refractivity contribution is 7.99. The van der Waals surface area contributed by atoms with Crippen LogP contribution in [-0.2, 0) is 6.18 Å². The quantitative estimate of drug-likeness (QED) is 0.713. The summed E-state index contributed by atoms with van der Waals surface area (Å²) in [5.41, 5.74) is -0.268. The van der Waals surface area contributed by atoms with Crippen LogP contribution in [0.3, 0.4) is 0 Å². The number of furan rings is 1. The number of hydrogen-bond acceptors (Lipinski definition) is 4. The average Bonchev–Trinajstić information content (AvgIpc) is 2.91. The Morgan fingerprint density at radius 2 is 1.77 bits per heavy atom. The Balaban J connectivity index is 2.49. The number of halogens is 3. The number of rotatable bonds is 5. The van der Waals surface area contributed by atoms with Crippen molar-refractivity contribution in [2.24, 2.45) is 0 Å². The van der Waals surface area contributed by atoms with Gasteiger partial charge in [-0.15, -0.1) is 0 Å². The fourth-order valence-corrected chi connectivity index (χ4v) is 2.68. The Kier molecular flexibility index (Phi) is 4.95. The van der Waals surface area contributed by atoms with Crippen LogP contribution in [0.15, 0.2) is 33.8 Å². The second-order valence-electron chi connectivity index (χ2n) is 4.31. The molecule has 0 spiro atoms. The molecule has 0 fully saturated rings. The second kappa shape index (κ2) is 6.56. The molecule has 22 heavy (non-hydrogen) atoms. The number of methoxy groups -OCH3 is 2. The molecule has 7 heteroatoms. The molecule has 3 nitrogen and oxygen atoms in total. The minimum Gasteiger partial charge on any atom is -0.493 e. The Morgan fingerprint density at radius 3 is 2.32 bits per heavy atom. The highest BCUT2D eigenvalue weighted by Gasteiger charge is 2.37. The van der Waals surface area contributed by atoms with Gasteiger partial charge in [0.25, 0.3) is 0 Å². The first-order chi connectivity index (χ1) is 10.4. The predicted molar refractivity (Wildman–Crippen MR) is 78.6 cm³/mol. The summed E-state index contributed by atoms with van der Waals surface area (Å²) in [6.07, 6.45) is -4.45. The standard InChI is InChI=1S/C15H15F3O3S/c1-4-22-14-10(15(16,17)18)8-12(21-14)9-5-6-11(19-2)13(7-9)20-3/h5-8H,4H2,1-3H3. The van der Waals surface area contributed by atoms with Crippen molar-refractivity contribution in [2.75, 3.05) is 20.0 Å². The van der Waals surface area contributed by atoms with Gasteiger partial charge in [0.15, 0.2) is 16.6 Å². The highest BCUT2D eigenvalue weighted by Crippen LogP contribution is 2.42. The summed E-state index contributed by atoms with van der Waals surface area (Å²) in [6.45, 7) is 1.77. The molecular formula is C15H15F3O3S. The molecule has 1 aromatic carbocycles. The molecule has 2 aromatic rings. The molecular weight excluding hydrogens is 317 g/mol. The summed E-state index contributed by atoms with van der Waals surface area (Å²) in [4.78, 5) is 0. The van der Waals surface area contributed by atoms with Crippen molar-refractivity contribution in [2.45, 2.75) is 18.2 Å². The van der Waals surface area contributed by atoms with Crippen molar-refractivity contribution >= 4 is 11.8 Å². The Hall–Kier alpha value is -1.76. The van der Waals surface area contributed by atoms with E-state index in [1.807, 2.05) is 0 Å². The maximum Gasteiger partial charge on any atom is 0.420 e. The maximum atomic E-state index is 13.0. The van der Waals surface area contributed by atoms with Gasteiger partial charge in [-0.2, -0.15) is 13.2 Å². The second-order valence-corrected chi connectivity index (χ2v) is 5.55. The van der Waals surface area contributed by atoms with Crippen LogP contribution in [0.5, 0.6) is 11.5 Å². The van der Waals surface area contributed by atoms with Gasteiger partial charge in [-0.1, -0.05) is 18.7 Å². The third-order valence-corrected chi connectivity index (χ3v) is 3.80. The minimum absolute atomic E-state index is 0.125. The SMILES string of the molecule is CCSc1oc(-c2ccc(OC)c(OC)c2)cc1C(F)(F)F. The van der Waals surface area contributed by atoms with Crippen molar-refractivity contribution in [3.63, 3.8) is 0 Å². The third-order valence-electron chi connectivity index (χ3n) is 2.95. The first-order valence-electron chi connectivity index (χ1n) is 6.47. The van der Waals surface area contributed by atoms with E-state index in [9.17, 15) is 13.2 Å². The zero-order valence-corrected chi connectivity index (χ0v) is 13.1. The third kappa shape index (κ3) is 3.35. The lowest BCUT2D eigenvalue weighted by molar-refractivity contribution is -0.140. The number of alkyl halides is 3. The molecule has 0 atom stereocenters. The molecule has 0 saturated carbocycles. The van der Waals surface area contributed by atoms with Crippen molar-refractivity contribution in [3.8, 4) is 22.8 Å². The van der Waals surface area contributed by atoms with Crippen LogP contribution < -0.4 is 9.47 Å². The van der Waals surface area contributed by atoms with Crippen LogP contribution in [0.2, 0.25) is 0 Å². The molecule has 0 amide bonds. The molecule has 1 heterocycles. The van der Waals surface area contributed by atoms with Crippen molar-refractivity contribution in [3.05, 3.63) is 29.8 Å². The van der Waals surface area contributed by atoms with Crippen LogP contribution >= 0.6 is 11.8 Å². The topological polar surface area (TPSA) is 31.6 Å². The molecule has 0 N–H and O–H groups in total. The van der Waals surface area contributed by atoms with E-state index in [1.165, 1.54) is 14.2 Å². The fourth-order valence-electron chi connectivity index (χ4n) is 1.94. The number of benzene rings is 1. The van der Waals surface area contributed by atoms with E-state index in [-0.39, 0.29) is 10.9 Å². The van der Waals surface area contributed by atoms with Crippen LogP contribution in [0.25, 0.3) is 11.3 Å². The molecule has 0 aliphatic heterocycles. The summed E-state index contributed by atoms with van der Waals surface area (Å²) in [7, 11) is 2.95. The highest BCUT2D eigenvalue weighted by atomic mass is 32.2. The van der Waals surface area contributed by atoms with E-state index >= 15 is 0 Å². The van der Waals surface area contributed by atoms with Crippen LogP contribution in [0.1, 0.15) is 12.5 Å². The molecule has 0 radical (unpaired) electrons. The van der Waals surface area contributed by atoms with E-state index < -0.39 is 11.7 Å². The number of hydrogen-bond donors (Lipinski definition) is 0. The summed E-state index contributed by atoms with van der Waals surface area (Å²) in [5, 5.41) is -0.125. The molecule has 0 aliphatic carbocycles. The lowest BCUT2D eigenvalue weighted by Gasteiger charge is -2.08. The van der Waals surface area contributed by atoms with E-state index in [0.29, 0.717) is 22.8 Å². The van der Waals surface area contributed by atoms with Crippen molar-refractivity contribution in [1.82, 2.24) is 0 Å². The van der Waals surface area contributed by atoms with Gasteiger partial charge in [0.05, 0.1) is 14.2 Å². The van der Waals surface area contributed by atoms with Gasteiger partial charge in [0, 0.05) is 5.56 Å². The van der Waals surface area contributed by atoms with Crippen molar-refractivity contribution < 1.29 is 27.1 Å². The summed E-state index contributed by atoms with van der Waals surface area (Å²) in [5.74, 6) is 1.55. The minimum atomic E-state index is -4.45. The lowest BCUT2D eigenvalue weighted by atomic mass is 10.1. The van der Waals surface area contributed by atoms with Gasteiger partial charge in [0.1, 0.15) is 11.3 Å². The zero-order valence-electron chi connectivity index (χ0n) is 12.3. The summed E-state index contributed by atoms with van der Waals surface area (Å²) >= 11 is 1.02. The van der Waals surface area contributed by atoms with Crippen LogP contribution in [-0.4, -0.2) is 20.0 Å². The molecule has 120 valence electrons. The average molecular weight is 332 g/mol. The molecule has 2 rings (SSSR count). The summed E-state index contributed by atoms with van der Waals surface area (Å²) < 4.78 is 54.8. The van der Waals surface area contributed by atoms with E-state index in [1.54, 1.807) is 25.1 Å².